The quantitative estimate of drug-likeness (QED) is 0.250. The van der Waals surface area contributed by atoms with E-state index in [1.165, 1.54) is 19.2 Å². The van der Waals surface area contributed by atoms with Crippen LogP contribution >= 0.6 is 0 Å². The summed E-state index contributed by atoms with van der Waals surface area (Å²) in [6.07, 6.45) is -12.4. The average molecular weight is 509 g/mol. The Morgan fingerprint density at radius 3 is 2.09 bits per heavy atom. The molecule has 0 saturated carbocycles. The molecule has 2 heterocycles. The molecule has 34 heavy (non-hydrogen) atoms. The second-order valence-corrected chi connectivity index (χ2v) is 10.1. The number of hydrogen-bond acceptors (Lipinski definition) is 12. The number of rotatable bonds is 8. The zero-order valence-corrected chi connectivity index (χ0v) is 19.8. The molecule has 0 radical (unpaired) electrons. The Hall–Kier alpha value is -1.23. The summed E-state index contributed by atoms with van der Waals surface area (Å²) in [4.78, 5) is -0.0510. The van der Waals surface area contributed by atoms with Gasteiger partial charge in [0.1, 0.15) is 30.5 Å². The number of benzene rings is 1. The highest BCUT2D eigenvalue weighted by molar-refractivity contribution is 7.86. The molecule has 3 rings (SSSR count). The van der Waals surface area contributed by atoms with Crippen LogP contribution in [0.4, 0.5) is 0 Å². The van der Waals surface area contributed by atoms with Crippen molar-refractivity contribution in [2.75, 3.05) is 20.3 Å². The fourth-order valence-corrected chi connectivity index (χ4v) is 4.79. The molecule has 10 atom stereocenters. The predicted molar refractivity (Wildman–Crippen MR) is 114 cm³/mol. The number of methoxy groups -OCH3 is 1. The van der Waals surface area contributed by atoms with Crippen LogP contribution in [0, 0.1) is 12.8 Å². The standard InChI is InChI=1S/C21H32O12S/c1-10-4-6-12(7-5-10)34(27,28)30-9-14-11(2)15(23)17(25)21(32-14)33-19-13(8-22)31-20(29-3)18(26)16(19)24/h4-7,11,13-26H,8-9H2,1-3H3/t11-,13?,14?,15+,16-,17?,18?,19-,20+,21-/m1/s1. The molecule has 5 N–H and O–H groups in total. The minimum Gasteiger partial charge on any atom is -0.394 e. The second kappa shape index (κ2) is 11.2. The zero-order valence-electron chi connectivity index (χ0n) is 19.0. The first-order valence-electron chi connectivity index (χ1n) is 10.8. The number of ether oxygens (including phenoxy) is 4. The Morgan fingerprint density at radius 1 is 0.912 bits per heavy atom. The third-order valence-electron chi connectivity index (χ3n) is 6.10. The molecule has 0 amide bonds. The van der Waals surface area contributed by atoms with Gasteiger partial charge in [-0.1, -0.05) is 24.6 Å². The van der Waals surface area contributed by atoms with Crippen molar-refractivity contribution in [1.82, 2.24) is 0 Å². The number of aliphatic hydroxyl groups excluding tert-OH is 5. The molecule has 13 heteroatoms. The minimum atomic E-state index is -4.12. The van der Waals surface area contributed by atoms with Gasteiger partial charge in [-0.05, 0) is 19.1 Å². The van der Waals surface area contributed by atoms with Gasteiger partial charge in [0.05, 0.1) is 30.3 Å². The Bertz CT molecular complexity index is 892. The number of hydrogen-bond donors (Lipinski definition) is 5. The molecule has 0 aliphatic carbocycles. The van der Waals surface area contributed by atoms with Crippen LogP contribution in [0.25, 0.3) is 0 Å². The van der Waals surface area contributed by atoms with Gasteiger partial charge in [0.2, 0.25) is 0 Å². The molecule has 194 valence electrons. The van der Waals surface area contributed by atoms with Crippen molar-refractivity contribution in [3.63, 3.8) is 0 Å². The largest absolute Gasteiger partial charge is 0.394 e. The van der Waals surface area contributed by atoms with Gasteiger partial charge in [0, 0.05) is 13.0 Å². The summed E-state index contributed by atoms with van der Waals surface area (Å²) in [5.74, 6) is -0.743. The molecule has 1 aromatic carbocycles. The van der Waals surface area contributed by atoms with Crippen molar-refractivity contribution < 1.29 is 57.1 Å². The fraction of sp³-hybridized carbons (Fsp3) is 0.714. The van der Waals surface area contributed by atoms with E-state index in [0.29, 0.717) is 0 Å². The van der Waals surface area contributed by atoms with E-state index in [9.17, 15) is 34.0 Å². The van der Waals surface area contributed by atoms with E-state index < -0.39 is 84.6 Å². The van der Waals surface area contributed by atoms with E-state index in [-0.39, 0.29) is 4.90 Å². The maximum absolute atomic E-state index is 12.5. The lowest BCUT2D eigenvalue weighted by atomic mass is 9.91. The SMILES string of the molecule is CO[C@H]1OC(CO)[C@@H](O[C@H]2OC(COS(=O)(=O)c3ccc(C)cc3)[C@@H](C)[C@H](O)C2O)[C@H](O)C1O. The van der Waals surface area contributed by atoms with Gasteiger partial charge in [0.25, 0.3) is 10.1 Å². The lowest BCUT2D eigenvalue weighted by molar-refractivity contribution is -0.352. The highest BCUT2D eigenvalue weighted by Gasteiger charge is 2.50. The molecular formula is C21H32O12S. The van der Waals surface area contributed by atoms with Crippen LogP contribution < -0.4 is 0 Å². The highest BCUT2D eigenvalue weighted by Crippen LogP contribution is 2.32. The van der Waals surface area contributed by atoms with Crippen LogP contribution in [0.2, 0.25) is 0 Å². The molecule has 0 spiro atoms. The Labute approximate surface area is 197 Å². The van der Waals surface area contributed by atoms with Crippen molar-refractivity contribution >= 4 is 10.1 Å². The van der Waals surface area contributed by atoms with Crippen molar-refractivity contribution in [2.45, 2.75) is 74.1 Å². The molecule has 2 saturated heterocycles. The van der Waals surface area contributed by atoms with Crippen LogP contribution in [-0.4, -0.2) is 110 Å². The smallest absolute Gasteiger partial charge is 0.297 e. The number of aryl methyl sites for hydroxylation is 1. The second-order valence-electron chi connectivity index (χ2n) is 8.48. The molecule has 4 unspecified atom stereocenters. The van der Waals surface area contributed by atoms with E-state index in [4.69, 9.17) is 23.1 Å². The molecule has 2 aliphatic heterocycles. The van der Waals surface area contributed by atoms with Crippen LogP contribution in [-0.2, 0) is 33.2 Å². The Morgan fingerprint density at radius 2 is 1.50 bits per heavy atom. The Kier molecular flexibility index (Phi) is 9.03. The molecule has 1 aromatic rings. The van der Waals surface area contributed by atoms with Crippen molar-refractivity contribution in [3.8, 4) is 0 Å². The van der Waals surface area contributed by atoms with Gasteiger partial charge >= 0.3 is 0 Å². The highest BCUT2D eigenvalue weighted by atomic mass is 32.2. The van der Waals surface area contributed by atoms with Gasteiger partial charge in [0.15, 0.2) is 12.6 Å². The summed E-state index contributed by atoms with van der Waals surface area (Å²) >= 11 is 0. The van der Waals surface area contributed by atoms with Gasteiger partial charge in [-0.3, -0.25) is 4.18 Å². The molecule has 12 nitrogen and oxygen atoms in total. The van der Waals surface area contributed by atoms with Crippen LogP contribution in [0.1, 0.15) is 12.5 Å². The first-order chi connectivity index (χ1) is 16.0. The molecule has 2 aliphatic rings. The van der Waals surface area contributed by atoms with Gasteiger partial charge in [-0.2, -0.15) is 8.42 Å². The summed E-state index contributed by atoms with van der Waals surface area (Å²) in [7, 11) is -2.87. The third kappa shape index (κ3) is 5.77. The normalized spacial score (nSPS) is 39.2. The van der Waals surface area contributed by atoms with E-state index in [2.05, 4.69) is 0 Å². The van der Waals surface area contributed by atoms with E-state index in [0.717, 1.165) is 5.56 Å². The van der Waals surface area contributed by atoms with Crippen LogP contribution in [0.15, 0.2) is 29.2 Å². The van der Waals surface area contributed by atoms with E-state index in [1.54, 1.807) is 19.1 Å². The first-order valence-corrected chi connectivity index (χ1v) is 12.2. The lowest BCUT2D eigenvalue weighted by Gasteiger charge is -2.46. The van der Waals surface area contributed by atoms with Crippen LogP contribution in [0.3, 0.4) is 0 Å². The summed E-state index contributed by atoms with van der Waals surface area (Å²) < 4.78 is 51.8. The Balaban J connectivity index is 1.71. The maximum atomic E-state index is 12.5. The molecule has 2 fully saturated rings. The summed E-state index contributed by atoms with van der Waals surface area (Å²) in [5, 5.41) is 51.2. The summed E-state index contributed by atoms with van der Waals surface area (Å²) in [5.41, 5.74) is 0.872. The number of aliphatic hydroxyl groups is 5. The van der Waals surface area contributed by atoms with Gasteiger partial charge in [-0.15, -0.1) is 0 Å². The van der Waals surface area contributed by atoms with Gasteiger partial charge in [-0.25, -0.2) is 0 Å². The fourth-order valence-electron chi connectivity index (χ4n) is 3.87. The van der Waals surface area contributed by atoms with E-state index >= 15 is 0 Å². The van der Waals surface area contributed by atoms with Crippen molar-refractivity contribution in [2.24, 2.45) is 5.92 Å². The topological polar surface area (TPSA) is 181 Å². The molecular weight excluding hydrogens is 476 g/mol. The predicted octanol–water partition coefficient (Wildman–Crippen LogP) is -1.75. The monoisotopic (exact) mass is 508 g/mol. The van der Waals surface area contributed by atoms with Crippen molar-refractivity contribution in [1.29, 1.82) is 0 Å². The maximum Gasteiger partial charge on any atom is 0.297 e. The average Bonchev–Trinajstić information content (AvgIpc) is 2.81. The summed E-state index contributed by atoms with van der Waals surface area (Å²) in [6, 6.07) is 6.05. The summed E-state index contributed by atoms with van der Waals surface area (Å²) in [6.45, 7) is 2.25. The lowest BCUT2D eigenvalue weighted by Crippen LogP contribution is -2.63. The van der Waals surface area contributed by atoms with Crippen LogP contribution in [0.5, 0.6) is 0 Å². The van der Waals surface area contributed by atoms with Gasteiger partial charge < -0.3 is 44.5 Å². The van der Waals surface area contributed by atoms with Crippen molar-refractivity contribution in [3.05, 3.63) is 29.8 Å². The first kappa shape index (κ1) is 27.4. The molecule has 0 aromatic heterocycles. The zero-order chi connectivity index (χ0) is 25.2. The molecule has 0 bridgehead atoms. The van der Waals surface area contributed by atoms with E-state index in [1.807, 2.05) is 6.92 Å². The minimum absolute atomic E-state index is 0.0510. The third-order valence-corrected chi connectivity index (χ3v) is 7.40.